The molecule has 3 heteroatoms. The van der Waals surface area contributed by atoms with Crippen LogP contribution in [0.2, 0.25) is 0 Å². The molecule has 2 nitrogen and oxygen atoms in total. The predicted octanol–water partition coefficient (Wildman–Crippen LogP) is 4.40. The molecule has 1 saturated carbocycles. The summed E-state index contributed by atoms with van der Waals surface area (Å²) in [7, 11) is 2.32. The van der Waals surface area contributed by atoms with Crippen LogP contribution in [0.25, 0.3) is 0 Å². The summed E-state index contributed by atoms with van der Waals surface area (Å²) in [4.78, 5) is 2.60. The minimum atomic E-state index is 0.225. The molecule has 0 aliphatic heterocycles. The van der Waals surface area contributed by atoms with Gasteiger partial charge in [0.15, 0.2) is 0 Å². The molecule has 0 aromatic rings. The van der Waals surface area contributed by atoms with Crippen molar-refractivity contribution in [1.82, 2.24) is 10.2 Å². The van der Waals surface area contributed by atoms with E-state index in [-0.39, 0.29) is 5.54 Å². The number of nitrogens with zero attached hydrogens (tertiary/aromatic N) is 1. The fourth-order valence-corrected chi connectivity index (χ4v) is 4.11. The normalized spacial score (nSPS) is 21.3. The van der Waals surface area contributed by atoms with Crippen LogP contribution >= 0.6 is 11.8 Å². The van der Waals surface area contributed by atoms with Crippen LogP contribution < -0.4 is 5.32 Å². The molecular formula is C18H38N2S. The van der Waals surface area contributed by atoms with E-state index in [1.165, 1.54) is 57.4 Å². The third kappa shape index (κ3) is 7.38. The summed E-state index contributed by atoms with van der Waals surface area (Å²) in [5, 5.41) is 3.80. The zero-order valence-corrected chi connectivity index (χ0v) is 16.1. The summed E-state index contributed by atoms with van der Waals surface area (Å²) < 4.78 is 0. The van der Waals surface area contributed by atoms with Crippen LogP contribution in [0.1, 0.15) is 66.2 Å². The van der Waals surface area contributed by atoms with E-state index in [1.807, 2.05) is 11.8 Å². The van der Waals surface area contributed by atoms with Gasteiger partial charge in [-0.1, -0.05) is 25.7 Å². The highest BCUT2D eigenvalue weighted by Crippen LogP contribution is 2.36. The molecule has 1 atom stereocenters. The van der Waals surface area contributed by atoms with E-state index in [0.29, 0.717) is 11.5 Å². The van der Waals surface area contributed by atoms with Crippen molar-refractivity contribution in [2.75, 3.05) is 32.1 Å². The standard InChI is InChI=1S/C18H38N2S/c1-16(13-21-6)20(5)15-18(14-19-17(2,3)4)11-9-7-8-10-12-18/h16,19H,7-15H2,1-6H3. The molecule has 0 heterocycles. The van der Waals surface area contributed by atoms with Gasteiger partial charge in [-0.2, -0.15) is 11.8 Å². The fourth-order valence-electron chi connectivity index (χ4n) is 3.38. The maximum absolute atomic E-state index is 3.80. The van der Waals surface area contributed by atoms with Gasteiger partial charge in [0.05, 0.1) is 0 Å². The fraction of sp³-hybridized carbons (Fsp3) is 1.00. The van der Waals surface area contributed by atoms with E-state index in [4.69, 9.17) is 0 Å². The SMILES string of the molecule is CSCC(C)N(C)CC1(CNC(C)(C)C)CCCCCC1. The predicted molar refractivity (Wildman–Crippen MR) is 98.4 cm³/mol. The van der Waals surface area contributed by atoms with Gasteiger partial charge in [-0.25, -0.2) is 0 Å². The zero-order chi connectivity index (χ0) is 15.9. The second-order valence-electron chi connectivity index (χ2n) is 8.24. The van der Waals surface area contributed by atoms with Gasteiger partial charge in [-0.05, 0) is 59.3 Å². The van der Waals surface area contributed by atoms with E-state index < -0.39 is 0 Å². The second kappa shape index (κ2) is 8.79. The summed E-state index contributed by atoms with van der Waals surface area (Å²) in [5.74, 6) is 1.24. The van der Waals surface area contributed by atoms with Crippen LogP contribution in [0.5, 0.6) is 0 Å². The summed E-state index contributed by atoms with van der Waals surface area (Å²) >= 11 is 1.96. The zero-order valence-electron chi connectivity index (χ0n) is 15.3. The minimum Gasteiger partial charge on any atom is -0.311 e. The monoisotopic (exact) mass is 314 g/mol. The Labute approximate surface area is 137 Å². The van der Waals surface area contributed by atoms with Crippen molar-refractivity contribution >= 4 is 11.8 Å². The lowest BCUT2D eigenvalue weighted by molar-refractivity contribution is 0.119. The average molecular weight is 315 g/mol. The Kier molecular flexibility index (Phi) is 8.08. The molecule has 1 aliphatic carbocycles. The highest BCUT2D eigenvalue weighted by molar-refractivity contribution is 7.98. The molecule has 1 rings (SSSR count). The summed E-state index contributed by atoms with van der Waals surface area (Å²) in [6, 6.07) is 0.676. The molecule has 1 N–H and O–H groups in total. The Bertz CT molecular complexity index is 277. The largest absolute Gasteiger partial charge is 0.311 e. The van der Waals surface area contributed by atoms with Gasteiger partial charge >= 0.3 is 0 Å². The maximum Gasteiger partial charge on any atom is 0.0155 e. The molecular weight excluding hydrogens is 276 g/mol. The molecule has 21 heavy (non-hydrogen) atoms. The number of nitrogens with one attached hydrogen (secondary N) is 1. The first-order valence-electron chi connectivity index (χ1n) is 8.72. The smallest absolute Gasteiger partial charge is 0.0155 e. The third-order valence-electron chi connectivity index (χ3n) is 4.90. The van der Waals surface area contributed by atoms with Crippen LogP contribution in [0.3, 0.4) is 0 Å². The topological polar surface area (TPSA) is 15.3 Å². The number of thioether (sulfide) groups is 1. The van der Waals surface area contributed by atoms with Crippen LogP contribution in [0.15, 0.2) is 0 Å². The molecule has 0 bridgehead atoms. The van der Waals surface area contributed by atoms with Crippen LogP contribution in [0.4, 0.5) is 0 Å². The summed E-state index contributed by atoms with van der Waals surface area (Å²) in [6.45, 7) is 11.7. The molecule has 0 amide bonds. The van der Waals surface area contributed by atoms with Crippen molar-refractivity contribution < 1.29 is 0 Å². The van der Waals surface area contributed by atoms with Gasteiger partial charge in [-0.3, -0.25) is 0 Å². The number of rotatable bonds is 7. The van der Waals surface area contributed by atoms with E-state index >= 15 is 0 Å². The first-order valence-corrected chi connectivity index (χ1v) is 10.1. The lowest BCUT2D eigenvalue weighted by atomic mass is 9.79. The lowest BCUT2D eigenvalue weighted by Crippen LogP contribution is -2.49. The Balaban J connectivity index is 2.70. The quantitative estimate of drug-likeness (QED) is 0.701. The molecule has 0 saturated heterocycles. The third-order valence-corrected chi connectivity index (χ3v) is 5.72. The number of hydrogen-bond acceptors (Lipinski definition) is 3. The second-order valence-corrected chi connectivity index (χ2v) is 9.15. The summed E-state index contributed by atoms with van der Waals surface area (Å²) in [5.41, 5.74) is 0.702. The molecule has 0 radical (unpaired) electrons. The van der Waals surface area contributed by atoms with Crippen LogP contribution in [-0.2, 0) is 0 Å². The first kappa shape index (κ1) is 19.3. The highest BCUT2D eigenvalue weighted by Gasteiger charge is 2.33. The van der Waals surface area contributed by atoms with Crippen LogP contribution in [0, 0.1) is 5.41 Å². The highest BCUT2D eigenvalue weighted by atomic mass is 32.2. The van der Waals surface area contributed by atoms with Crippen molar-refractivity contribution in [2.45, 2.75) is 77.8 Å². The molecule has 126 valence electrons. The van der Waals surface area contributed by atoms with Crippen molar-refractivity contribution in [3.63, 3.8) is 0 Å². The van der Waals surface area contributed by atoms with Crippen molar-refractivity contribution in [2.24, 2.45) is 5.41 Å². The van der Waals surface area contributed by atoms with E-state index in [2.05, 4.69) is 51.2 Å². The molecule has 1 aliphatic rings. The van der Waals surface area contributed by atoms with Gasteiger partial charge in [-0.15, -0.1) is 0 Å². The molecule has 0 spiro atoms. The Morgan fingerprint density at radius 3 is 2.19 bits per heavy atom. The minimum absolute atomic E-state index is 0.225. The molecule has 0 aromatic heterocycles. The van der Waals surface area contributed by atoms with E-state index in [0.717, 1.165) is 0 Å². The average Bonchev–Trinajstić information content (AvgIpc) is 2.62. The van der Waals surface area contributed by atoms with E-state index in [9.17, 15) is 0 Å². The van der Waals surface area contributed by atoms with Gasteiger partial charge in [0, 0.05) is 30.4 Å². The maximum atomic E-state index is 3.80. The van der Waals surface area contributed by atoms with Gasteiger partial charge in [0.1, 0.15) is 0 Å². The molecule has 1 fully saturated rings. The van der Waals surface area contributed by atoms with Crippen LogP contribution in [-0.4, -0.2) is 48.6 Å². The first-order chi connectivity index (χ1) is 9.78. The molecule has 1 unspecified atom stereocenters. The van der Waals surface area contributed by atoms with Crippen molar-refractivity contribution in [3.05, 3.63) is 0 Å². The van der Waals surface area contributed by atoms with Gasteiger partial charge in [0.25, 0.3) is 0 Å². The van der Waals surface area contributed by atoms with Crippen molar-refractivity contribution in [3.8, 4) is 0 Å². The van der Waals surface area contributed by atoms with E-state index in [1.54, 1.807) is 0 Å². The summed E-state index contributed by atoms with van der Waals surface area (Å²) in [6.07, 6.45) is 10.7. The van der Waals surface area contributed by atoms with Gasteiger partial charge < -0.3 is 10.2 Å². The Morgan fingerprint density at radius 2 is 1.71 bits per heavy atom. The Hall–Kier alpha value is 0.270. The Morgan fingerprint density at radius 1 is 1.14 bits per heavy atom. The number of hydrogen-bond donors (Lipinski definition) is 1. The lowest BCUT2D eigenvalue weighted by Gasteiger charge is -2.41. The van der Waals surface area contributed by atoms with Gasteiger partial charge in [0.2, 0.25) is 0 Å². The van der Waals surface area contributed by atoms with Crippen molar-refractivity contribution in [1.29, 1.82) is 0 Å². The molecule has 0 aromatic carbocycles.